The standard InChI is InChI=1S/C30H17ClF10N2/c31-21-9-7-18(25(32)14-21)15-43-27(22-5-2-6-24(26(22)42-43)30(39,40)41)17-4-1-3-16(11-17)12-19-13-20(28(33,34)35)8-10-23(19)29(36,37)38/h1-11,13-14H,12,15H2. The third-order valence-corrected chi connectivity index (χ3v) is 6.98. The zero-order valence-electron chi connectivity index (χ0n) is 21.5. The summed E-state index contributed by atoms with van der Waals surface area (Å²) in [5.41, 5.74) is -4.17. The average Bonchev–Trinajstić information content (AvgIpc) is 3.26. The lowest BCUT2D eigenvalue weighted by Crippen LogP contribution is -2.13. The fourth-order valence-electron chi connectivity index (χ4n) is 4.85. The van der Waals surface area contributed by atoms with Gasteiger partial charge in [0, 0.05) is 21.5 Å². The van der Waals surface area contributed by atoms with Crippen LogP contribution in [0.15, 0.2) is 78.9 Å². The van der Waals surface area contributed by atoms with Crippen LogP contribution in [0.1, 0.15) is 33.4 Å². The molecular weight excluding hydrogens is 614 g/mol. The van der Waals surface area contributed by atoms with Gasteiger partial charge in [0.05, 0.1) is 28.9 Å². The molecule has 0 aliphatic heterocycles. The van der Waals surface area contributed by atoms with Gasteiger partial charge in [0.25, 0.3) is 0 Å². The minimum absolute atomic E-state index is 0.0244. The second-order valence-electron chi connectivity index (χ2n) is 9.69. The van der Waals surface area contributed by atoms with Crippen molar-refractivity contribution < 1.29 is 43.9 Å². The fraction of sp³-hybridized carbons (Fsp3) is 0.167. The zero-order chi connectivity index (χ0) is 31.3. The third kappa shape index (κ3) is 6.34. The van der Waals surface area contributed by atoms with E-state index < -0.39 is 58.5 Å². The van der Waals surface area contributed by atoms with Crippen molar-refractivity contribution in [2.45, 2.75) is 31.5 Å². The van der Waals surface area contributed by atoms with Crippen LogP contribution in [0.4, 0.5) is 43.9 Å². The number of hydrogen-bond acceptors (Lipinski definition) is 1. The SMILES string of the molecule is Fc1cc(Cl)ccc1Cn1nc2c(C(F)(F)F)cccc2c1-c1cccc(Cc2cc(C(F)(F)F)ccc2C(F)(F)F)c1. The van der Waals surface area contributed by atoms with Crippen molar-refractivity contribution in [3.8, 4) is 11.3 Å². The lowest BCUT2D eigenvalue weighted by atomic mass is 9.95. The molecule has 0 atom stereocenters. The van der Waals surface area contributed by atoms with Crippen LogP contribution in [0.5, 0.6) is 0 Å². The number of hydrogen-bond donors (Lipinski definition) is 0. The molecule has 224 valence electrons. The normalized spacial score (nSPS) is 12.7. The van der Waals surface area contributed by atoms with Crippen LogP contribution in [0.2, 0.25) is 5.02 Å². The Morgan fingerprint density at radius 3 is 2.02 bits per heavy atom. The summed E-state index contributed by atoms with van der Waals surface area (Å²) in [6.07, 6.45) is -15.2. The molecule has 2 nitrogen and oxygen atoms in total. The van der Waals surface area contributed by atoms with Crippen LogP contribution in [0.25, 0.3) is 22.2 Å². The maximum atomic E-state index is 14.7. The largest absolute Gasteiger partial charge is 0.418 e. The number of alkyl halides is 9. The van der Waals surface area contributed by atoms with Crippen molar-refractivity contribution in [1.82, 2.24) is 9.78 Å². The Balaban J connectivity index is 1.66. The predicted octanol–water partition coefficient (Wildman–Crippen LogP) is 10.2. The Kier molecular flexibility index (Phi) is 7.70. The Morgan fingerprint density at radius 2 is 1.37 bits per heavy atom. The van der Waals surface area contributed by atoms with Gasteiger partial charge in [-0.25, -0.2) is 4.39 Å². The lowest BCUT2D eigenvalue weighted by molar-refractivity contribution is -0.141. The van der Waals surface area contributed by atoms with Gasteiger partial charge < -0.3 is 0 Å². The summed E-state index contributed by atoms with van der Waals surface area (Å²) >= 11 is 5.82. The predicted molar refractivity (Wildman–Crippen MR) is 140 cm³/mol. The summed E-state index contributed by atoms with van der Waals surface area (Å²) in [7, 11) is 0. The molecule has 0 saturated carbocycles. The molecule has 0 spiro atoms. The van der Waals surface area contributed by atoms with E-state index in [2.05, 4.69) is 5.10 Å². The Hall–Kier alpha value is -4.06. The van der Waals surface area contributed by atoms with Crippen molar-refractivity contribution in [1.29, 1.82) is 0 Å². The van der Waals surface area contributed by atoms with Crippen molar-refractivity contribution in [3.63, 3.8) is 0 Å². The third-order valence-electron chi connectivity index (χ3n) is 6.74. The van der Waals surface area contributed by atoms with Gasteiger partial charge in [0.2, 0.25) is 0 Å². The van der Waals surface area contributed by atoms with Gasteiger partial charge in [-0.1, -0.05) is 48.0 Å². The van der Waals surface area contributed by atoms with Crippen LogP contribution in [0, 0.1) is 5.82 Å². The van der Waals surface area contributed by atoms with Gasteiger partial charge in [-0.2, -0.15) is 44.6 Å². The van der Waals surface area contributed by atoms with Crippen molar-refractivity contribution in [2.75, 3.05) is 0 Å². The van der Waals surface area contributed by atoms with E-state index in [4.69, 9.17) is 11.6 Å². The van der Waals surface area contributed by atoms with E-state index in [-0.39, 0.29) is 39.3 Å². The molecule has 0 radical (unpaired) electrons. The molecule has 0 fully saturated rings. The summed E-state index contributed by atoms with van der Waals surface area (Å²) in [6.45, 7) is -0.333. The van der Waals surface area contributed by atoms with Crippen LogP contribution in [-0.2, 0) is 31.5 Å². The van der Waals surface area contributed by atoms with Gasteiger partial charge in [0.15, 0.2) is 0 Å². The number of fused-ring (bicyclic) bond motifs is 1. The Morgan fingerprint density at radius 1 is 0.674 bits per heavy atom. The van der Waals surface area contributed by atoms with E-state index in [1.54, 1.807) is 0 Å². The minimum atomic E-state index is -4.94. The monoisotopic (exact) mass is 630 g/mol. The molecule has 1 aromatic heterocycles. The van der Waals surface area contributed by atoms with E-state index >= 15 is 0 Å². The summed E-state index contributed by atoms with van der Waals surface area (Å²) in [5, 5.41) is 4.25. The molecule has 5 aromatic rings. The summed E-state index contributed by atoms with van der Waals surface area (Å²) < 4.78 is 138. The van der Waals surface area contributed by atoms with E-state index in [0.29, 0.717) is 18.2 Å². The first-order valence-electron chi connectivity index (χ1n) is 12.4. The van der Waals surface area contributed by atoms with Gasteiger partial charge in [0.1, 0.15) is 11.3 Å². The van der Waals surface area contributed by atoms with E-state index in [9.17, 15) is 43.9 Å². The average molecular weight is 631 g/mol. The molecule has 5 rings (SSSR count). The Bertz CT molecular complexity index is 1820. The van der Waals surface area contributed by atoms with Gasteiger partial charge in [-0.15, -0.1) is 0 Å². The smallest absolute Gasteiger partial charge is 0.259 e. The minimum Gasteiger partial charge on any atom is -0.259 e. The molecule has 4 aromatic carbocycles. The van der Waals surface area contributed by atoms with Gasteiger partial charge >= 0.3 is 18.5 Å². The van der Waals surface area contributed by atoms with Crippen LogP contribution in [-0.4, -0.2) is 9.78 Å². The number of benzene rings is 4. The van der Waals surface area contributed by atoms with E-state index in [1.807, 2.05) is 0 Å². The quantitative estimate of drug-likeness (QED) is 0.177. The number of rotatable bonds is 5. The van der Waals surface area contributed by atoms with Crippen molar-refractivity contribution in [2.24, 2.45) is 0 Å². The van der Waals surface area contributed by atoms with Gasteiger partial charge in [-0.3, -0.25) is 4.68 Å². The van der Waals surface area contributed by atoms with Gasteiger partial charge in [-0.05, 0) is 60.0 Å². The topological polar surface area (TPSA) is 17.8 Å². The molecular formula is C30H17ClF10N2. The first-order chi connectivity index (χ1) is 20.0. The molecule has 43 heavy (non-hydrogen) atoms. The molecule has 0 aliphatic rings. The van der Waals surface area contributed by atoms with Crippen molar-refractivity contribution >= 4 is 22.5 Å². The second-order valence-corrected chi connectivity index (χ2v) is 10.1. The highest BCUT2D eigenvalue weighted by Crippen LogP contribution is 2.40. The Labute approximate surface area is 242 Å². The van der Waals surface area contributed by atoms with Crippen molar-refractivity contribution in [3.05, 3.63) is 123 Å². The molecule has 0 aliphatic carbocycles. The molecule has 0 bridgehead atoms. The summed E-state index contributed by atoms with van der Waals surface area (Å²) in [6, 6.07) is 13.8. The summed E-state index contributed by atoms with van der Waals surface area (Å²) in [4.78, 5) is 0. The fourth-order valence-corrected chi connectivity index (χ4v) is 5.01. The molecule has 0 amide bonds. The first kappa shape index (κ1) is 30.4. The maximum Gasteiger partial charge on any atom is 0.418 e. The second kappa shape index (κ2) is 10.9. The lowest BCUT2D eigenvalue weighted by Gasteiger charge is -2.16. The molecule has 1 heterocycles. The summed E-state index contributed by atoms with van der Waals surface area (Å²) in [5.74, 6) is -0.743. The van der Waals surface area contributed by atoms with E-state index in [1.165, 1.54) is 42.5 Å². The van der Waals surface area contributed by atoms with Crippen LogP contribution >= 0.6 is 11.6 Å². The first-order valence-corrected chi connectivity index (χ1v) is 12.8. The highest BCUT2D eigenvalue weighted by atomic mass is 35.5. The van der Waals surface area contributed by atoms with Crippen LogP contribution < -0.4 is 0 Å². The number of nitrogens with zero attached hydrogens (tertiary/aromatic N) is 2. The number of aromatic nitrogens is 2. The highest BCUT2D eigenvalue weighted by molar-refractivity contribution is 6.30. The zero-order valence-corrected chi connectivity index (χ0v) is 22.2. The molecule has 0 saturated heterocycles. The molecule has 13 heteroatoms. The highest BCUT2D eigenvalue weighted by Gasteiger charge is 2.37. The number of halogens is 11. The van der Waals surface area contributed by atoms with Crippen LogP contribution in [0.3, 0.4) is 0 Å². The molecule has 0 unspecified atom stereocenters. The molecule has 0 N–H and O–H groups in total. The maximum absolute atomic E-state index is 14.7. The van der Waals surface area contributed by atoms with E-state index in [0.717, 1.165) is 22.9 Å².